The van der Waals surface area contributed by atoms with E-state index >= 15 is 0 Å². The van der Waals surface area contributed by atoms with Crippen LogP contribution in [-0.2, 0) is 4.79 Å². The number of carbonyl (C=O) groups excluding carboxylic acids is 3. The molecule has 1 amide bonds. The molecule has 0 aliphatic heterocycles. The van der Waals surface area contributed by atoms with Crippen molar-refractivity contribution < 1.29 is 14.4 Å². The molecule has 0 atom stereocenters. The molecule has 8 nitrogen and oxygen atoms in total. The molecule has 2 aromatic carbocycles. The molecule has 0 fully saturated rings. The van der Waals surface area contributed by atoms with Crippen LogP contribution in [-0.4, -0.2) is 43.4 Å². The molecule has 0 saturated heterocycles. The zero-order chi connectivity index (χ0) is 20.1. The number of nitrogens with zero attached hydrogens (tertiary/aromatic N) is 4. The highest BCUT2D eigenvalue weighted by molar-refractivity contribution is 7.99. The highest BCUT2D eigenvalue weighted by atomic mass is 32.2. The van der Waals surface area contributed by atoms with Crippen molar-refractivity contribution in [3.8, 4) is 5.69 Å². The van der Waals surface area contributed by atoms with Gasteiger partial charge in [-0.15, -0.1) is 5.10 Å². The number of Topliss-reactive ketones (excluding diaryl/α,β-unsaturated/α-hetero) is 2. The van der Waals surface area contributed by atoms with E-state index in [1.807, 2.05) is 0 Å². The van der Waals surface area contributed by atoms with Gasteiger partial charge in [0.05, 0.1) is 11.4 Å². The first kappa shape index (κ1) is 19.4. The molecule has 1 N–H and O–H groups in total. The number of rotatable bonds is 7. The maximum absolute atomic E-state index is 12.2. The second-order valence-electron chi connectivity index (χ2n) is 5.95. The van der Waals surface area contributed by atoms with E-state index in [-0.39, 0.29) is 23.2 Å². The van der Waals surface area contributed by atoms with Crippen molar-refractivity contribution in [3.63, 3.8) is 0 Å². The molecule has 3 aromatic rings. The summed E-state index contributed by atoms with van der Waals surface area (Å²) in [4.78, 5) is 35.0. The van der Waals surface area contributed by atoms with Crippen molar-refractivity contribution in [2.45, 2.75) is 19.0 Å². The summed E-state index contributed by atoms with van der Waals surface area (Å²) in [6.45, 7) is 2.97. The molecule has 0 aliphatic carbocycles. The smallest absolute Gasteiger partial charge is 0.234 e. The molecule has 1 aromatic heterocycles. The van der Waals surface area contributed by atoms with Gasteiger partial charge in [0.25, 0.3) is 0 Å². The van der Waals surface area contributed by atoms with Crippen LogP contribution in [0.2, 0.25) is 0 Å². The Hall–Kier alpha value is -3.33. The van der Waals surface area contributed by atoms with Crippen molar-refractivity contribution in [1.82, 2.24) is 20.2 Å². The number of amides is 1. The van der Waals surface area contributed by atoms with E-state index in [9.17, 15) is 14.4 Å². The minimum Gasteiger partial charge on any atom is -0.325 e. The first-order valence-corrected chi connectivity index (χ1v) is 9.36. The lowest BCUT2D eigenvalue weighted by atomic mass is 10.1. The zero-order valence-electron chi connectivity index (χ0n) is 15.2. The number of thioether (sulfide) groups is 1. The Bertz CT molecular complexity index is 1030. The third-order valence-electron chi connectivity index (χ3n) is 3.84. The fourth-order valence-corrected chi connectivity index (χ4v) is 3.10. The van der Waals surface area contributed by atoms with Crippen LogP contribution >= 0.6 is 11.8 Å². The molecule has 1 heterocycles. The number of anilines is 1. The summed E-state index contributed by atoms with van der Waals surface area (Å²) < 4.78 is 1.50. The van der Waals surface area contributed by atoms with E-state index in [2.05, 4.69) is 20.8 Å². The molecule has 9 heteroatoms. The first-order chi connectivity index (χ1) is 13.4. The average molecular weight is 395 g/mol. The fourth-order valence-electron chi connectivity index (χ4n) is 2.41. The third-order valence-corrected chi connectivity index (χ3v) is 4.76. The van der Waals surface area contributed by atoms with E-state index in [1.54, 1.807) is 48.5 Å². The van der Waals surface area contributed by atoms with Gasteiger partial charge in [0, 0.05) is 16.8 Å². The van der Waals surface area contributed by atoms with Gasteiger partial charge in [-0.25, -0.2) is 0 Å². The normalized spacial score (nSPS) is 10.5. The van der Waals surface area contributed by atoms with Crippen molar-refractivity contribution in [2.75, 3.05) is 11.1 Å². The Morgan fingerprint density at radius 2 is 1.71 bits per heavy atom. The van der Waals surface area contributed by atoms with Crippen LogP contribution in [0.1, 0.15) is 34.6 Å². The summed E-state index contributed by atoms with van der Waals surface area (Å²) in [5.41, 5.74) is 2.37. The number of hydrogen-bond donors (Lipinski definition) is 1. The molecular formula is C19H17N5O3S. The Labute approximate surface area is 165 Å². The van der Waals surface area contributed by atoms with Crippen LogP contribution in [0.3, 0.4) is 0 Å². The Morgan fingerprint density at radius 3 is 2.39 bits per heavy atom. The van der Waals surface area contributed by atoms with Crippen LogP contribution in [0.5, 0.6) is 0 Å². The molecular weight excluding hydrogens is 378 g/mol. The van der Waals surface area contributed by atoms with Crippen LogP contribution in [0, 0.1) is 0 Å². The minimum absolute atomic E-state index is 0.0247. The lowest BCUT2D eigenvalue weighted by molar-refractivity contribution is -0.113. The summed E-state index contributed by atoms with van der Waals surface area (Å²) in [6.07, 6.45) is 0. The van der Waals surface area contributed by atoms with Gasteiger partial charge in [-0.2, -0.15) is 4.68 Å². The van der Waals surface area contributed by atoms with E-state index in [4.69, 9.17) is 0 Å². The lowest BCUT2D eigenvalue weighted by Gasteiger charge is -2.07. The van der Waals surface area contributed by atoms with Gasteiger partial charge in [0.2, 0.25) is 11.1 Å². The number of ketones is 2. The van der Waals surface area contributed by atoms with E-state index in [1.165, 1.54) is 30.3 Å². The van der Waals surface area contributed by atoms with Gasteiger partial charge < -0.3 is 5.32 Å². The summed E-state index contributed by atoms with van der Waals surface area (Å²) >= 11 is 1.18. The zero-order valence-corrected chi connectivity index (χ0v) is 16.1. The maximum atomic E-state index is 12.2. The summed E-state index contributed by atoms with van der Waals surface area (Å²) in [5, 5.41) is 14.7. The summed E-state index contributed by atoms with van der Waals surface area (Å²) in [7, 11) is 0. The first-order valence-electron chi connectivity index (χ1n) is 8.37. The third kappa shape index (κ3) is 4.68. The number of tetrazole rings is 1. The van der Waals surface area contributed by atoms with Gasteiger partial charge in [-0.05, 0) is 60.7 Å². The Morgan fingerprint density at radius 1 is 1.00 bits per heavy atom. The average Bonchev–Trinajstić information content (AvgIpc) is 3.15. The predicted octanol–water partition coefficient (Wildman–Crippen LogP) is 2.80. The molecule has 3 rings (SSSR count). The predicted molar refractivity (Wildman–Crippen MR) is 105 cm³/mol. The second kappa shape index (κ2) is 8.57. The van der Waals surface area contributed by atoms with E-state index in [0.717, 1.165) is 0 Å². The largest absolute Gasteiger partial charge is 0.325 e. The quantitative estimate of drug-likeness (QED) is 0.484. The molecule has 28 heavy (non-hydrogen) atoms. The lowest BCUT2D eigenvalue weighted by Crippen LogP contribution is -2.15. The molecule has 142 valence electrons. The fraction of sp³-hybridized carbons (Fsp3) is 0.158. The van der Waals surface area contributed by atoms with Crippen LogP contribution < -0.4 is 5.32 Å². The topological polar surface area (TPSA) is 107 Å². The molecule has 0 spiro atoms. The van der Waals surface area contributed by atoms with E-state index in [0.29, 0.717) is 27.7 Å². The minimum atomic E-state index is -0.243. The molecule has 0 unspecified atom stereocenters. The maximum Gasteiger partial charge on any atom is 0.234 e. The number of aromatic nitrogens is 4. The van der Waals surface area contributed by atoms with Gasteiger partial charge >= 0.3 is 0 Å². The number of hydrogen-bond acceptors (Lipinski definition) is 7. The standard InChI is InChI=1S/C19H17N5O3S/c1-12(25)14-6-8-17(9-7-14)24-19(21-22-23-24)28-11-18(27)20-16-5-3-4-15(10-16)13(2)26/h3-10H,11H2,1-2H3,(H,20,27). The Kier molecular flexibility index (Phi) is 5.95. The summed E-state index contributed by atoms with van der Waals surface area (Å²) in [6, 6.07) is 13.6. The van der Waals surface area contributed by atoms with Crippen molar-refractivity contribution in [2.24, 2.45) is 0 Å². The molecule has 0 saturated carbocycles. The van der Waals surface area contributed by atoms with Crippen LogP contribution in [0.4, 0.5) is 5.69 Å². The van der Waals surface area contributed by atoms with Crippen molar-refractivity contribution in [1.29, 1.82) is 0 Å². The molecule has 0 radical (unpaired) electrons. The van der Waals surface area contributed by atoms with Crippen LogP contribution in [0.15, 0.2) is 53.7 Å². The highest BCUT2D eigenvalue weighted by Crippen LogP contribution is 2.19. The second-order valence-corrected chi connectivity index (χ2v) is 6.89. The Balaban J connectivity index is 1.65. The number of benzene rings is 2. The van der Waals surface area contributed by atoms with Gasteiger partial charge in [0.15, 0.2) is 11.6 Å². The van der Waals surface area contributed by atoms with Gasteiger partial charge in [-0.1, -0.05) is 23.9 Å². The SMILES string of the molecule is CC(=O)c1ccc(-n2nnnc2SCC(=O)Nc2cccc(C(C)=O)c2)cc1. The summed E-state index contributed by atoms with van der Waals surface area (Å²) in [5.74, 6) is -0.244. The van der Waals surface area contributed by atoms with Crippen molar-refractivity contribution in [3.05, 3.63) is 59.7 Å². The van der Waals surface area contributed by atoms with E-state index < -0.39 is 0 Å². The highest BCUT2D eigenvalue weighted by Gasteiger charge is 2.12. The van der Waals surface area contributed by atoms with Gasteiger partial charge in [-0.3, -0.25) is 14.4 Å². The van der Waals surface area contributed by atoms with Crippen LogP contribution in [0.25, 0.3) is 5.69 Å². The molecule has 0 aliphatic rings. The monoisotopic (exact) mass is 395 g/mol. The number of carbonyl (C=O) groups is 3. The van der Waals surface area contributed by atoms with Crippen molar-refractivity contribution >= 4 is 34.9 Å². The molecule has 0 bridgehead atoms. The van der Waals surface area contributed by atoms with Gasteiger partial charge in [0.1, 0.15) is 0 Å². The number of nitrogens with one attached hydrogen (secondary N) is 1.